The Bertz CT molecular complexity index is 258. The van der Waals surface area contributed by atoms with Gasteiger partial charge in [-0.05, 0) is 18.6 Å². The van der Waals surface area contributed by atoms with Crippen molar-refractivity contribution in [2.24, 2.45) is 0 Å². The van der Waals surface area contributed by atoms with E-state index in [1.165, 1.54) is 0 Å². The summed E-state index contributed by atoms with van der Waals surface area (Å²) in [6.07, 6.45) is 1.53. The van der Waals surface area contributed by atoms with Gasteiger partial charge in [0.25, 0.3) is 0 Å². The number of carboxylic acids is 1. The predicted octanol–water partition coefficient (Wildman–Crippen LogP) is -3.31. The second kappa shape index (κ2) is 5.83. The van der Waals surface area contributed by atoms with Crippen molar-refractivity contribution < 1.29 is 61.3 Å². The Morgan fingerprint density at radius 2 is 2.25 bits per heavy atom. The van der Waals surface area contributed by atoms with Gasteiger partial charge in [-0.3, -0.25) is 4.98 Å². The quantitative estimate of drug-likeness (QED) is 0.458. The van der Waals surface area contributed by atoms with Gasteiger partial charge in [-0.2, -0.15) is 0 Å². The van der Waals surface area contributed by atoms with Gasteiger partial charge in [0.15, 0.2) is 0 Å². The summed E-state index contributed by atoms with van der Waals surface area (Å²) in [6, 6.07) is 3.51. The van der Waals surface area contributed by atoms with Crippen LogP contribution >= 0.6 is 0 Å². The average molecular weight is 189 g/mol. The van der Waals surface area contributed by atoms with Crippen molar-refractivity contribution in [3.8, 4) is 0 Å². The molecule has 0 fully saturated rings. The minimum absolute atomic E-state index is 0. The maximum absolute atomic E-state index is 10.1. The molecule has 12 heavy (non-hydrogen) atoms. The Labute approximate surface area is 114 Å². The van der Waals surface area contributed by atoms with E-state index in [9.17, 15) is 9.90 Å². The topological polar surface area (TPSA) is 53.0 Å². The van der Waals surface area contributed by atoms with Crippen LogP contribution in [-0.4, -0.2) is 11.0 Å². The Morgan fingerprint density at radius 3 is 2.67 bits per heavy atom. The van der Waals surface area contributed by atoms with Crippen LogP contribution in [0.25, 0.3) is 0 Å². The summed E-state index contributed by atoms with van der Waals surface area (Å²) >= 11 is 0. The Balaban J connectivity index is 0.00000121. The molecule has 0 bridgehead atoms. The molecule has 0 radical (unpaired) electrons. The van der Waals surface area contributed by atoms with E-state index in [4.69, 9.17) is 0 Å². The summed E-state index contributed by atoms with van der Waals surface area (Å²) in [5.41, 5.74) is 1.56. The normalized spacial score (nSPS) is 8.75. The first-order valence-electron chi connectivity index (χ1n) is 3.30. The molecule has 1 aromatic rings. The minimum atomic E-state index is -1.10. The molecule has 0 amide bonds. The smallest absolute Gasteiger partial charge is 0.550 e. The van der Waals surface area contributed by atoms with Crippen LogP contribution in [0, 0.1) is 6.92 Å². The van der Waals surface area contributed by atoms with E-state index >= 15 is 0 Å². The van der Waals surface area contributed by atoms with Crippen LogP contribution < -0.4 is 56.5 Å². The fourth-order valence-electron chi connectivity index (χ4n) is 0.751. The van der Waals surface area contributed by atoms with E-state index in [2.05, 4.69) is 4.98 Å². The Kier molecular flexibility index (Phi) is 5.95. The first kappa shape index (κ1) is 12.3. The van der Waals surface area contributed by atoms with Crippen molar-refractivity contribution in [3.63, 3.8) is 0 Å². The van der Waals surface area contributed by atoms with Gasteiger partial charge in [-0.15, -0.1) is 0 Å². The van der Waals surface area contributed by atoms with Gasteiger partial charge in [-0.1, -0.05) is 6.07 Å². The molecule has 1 aromatic heterocycles. The van der Waals surface area contributed by atoms with Gasteiger partial charge in [0.2, 0.25) is 0 Å². The maximum Gasteiger partial charge on any atom is 1.00 e. The van der Waals surface area contributed by atoms with E-state index in [1.54, 1.807) is 12.3 Å². The number of pyridine rings is 1. The van der Waals surface area contributed by atoms with Crippen molar-refractivity contribution in [2.75, 3.05) is 0 Å². The van der Waals surface area contributed by atoms with E-state index in [0.717, 1.165) is 5.56 Å². The first-order chi connectivity index (χ1) is 5.18. The summed E-state index contributed by atoms with van der Waals surface area (Å²) in [5, 5.41) is 10.1. The molecule has 0 saturated heterocycles. The number of rotatable bonds is 2. The van der Waals surface area contributed by atoms with Crippen LogP contribution in [0.2, 0.25) is 0 Å². The third kappa shape index (κ3) is 4.32. The summed E-state index contributed by atoms with van der Waals surface area (Å²) < 4.78 is 0. The fraction of sp³-hybridized carbons (Fsp3) is 0.250. The van der Waals surface area contributed by atoms with Gasteiger partial charge >= 0.3 is 51.4 Å². The van der Waals surface area contributed by atoms with E-state index < -0.39 is 5.97 Å². The molecule has 0 aromatic carbocycles. The Morgan fingerprint density at radius 1 is 1.58 bits per heavy atom. The van der Waals surface area contributed by atoms with Gasteiger partial charge in [0, 0.05) is 24.3 Å². The molecule has 0 aliphatic carbocycles. The minimum Gasteiger partial charge on any atom is -0.550 e. The van der Waals surface area contributed by atoms with Gasteiger partial charge < -0.3 is 9.90 Å². The number of hydrogen-bond acceptors (Lipinski definition) is 3. The third-order valence-corrected chi connectivity index (χ3v) is 1.30. The zero-order chi connectivity index (χ0) is 8.27. The molecule has 1 rings (SSSR count). The largest absolute Gasteiger partial charge is 1.00 e. The monoisotopic (exact) mass is 189 g/mol. The third-order valence-electron chi connectivity index (χ3n) is 1.30. The van der Waals surface area contributed by atoms with Crippen LogP contribution in [-0.2, 0) is 11.2 Å². The molecular formula is C8H8KNO2. The van der Waals surface area contributed by atoms with Gasteiger partial charge in [0.05, 0.1) is 0 Å². The molecule has 0 unspecified atom stereocenters. The molecule has 0 atom stereocenters. The van der Waals surface area contributed by atoms with Crippen LogP contribution in [0.1, 0.15) is 11.3 Å². The second-order valence-electron chi connectivity index (χ2n) is 2.38. The molecular weight excluding hydrogens is 181 g/mol. The molecule has 0 aliphatic heterocycles. The Hall–Kier alpha value is 0.256. The van der Waals surface area contributed by atoms with E-state index in [1.807, 2.05) is 13.0 Å². The predicted molar refractivity (Wildman–Crippen MR) is 37.7 cm³/mol. The molecule has 1 heterocycles. The van der Waals surface area contributed by atoms with E-state index in [0.29, 0.717) is 5.69 Å². The molecule has 0 saturated carbocycles. The summed E-state index contributed by atoms with van der Waals surface area (Å²) in [7, 11) is 0. The summed E-state index contributed by atoms with van der Waals surface area (Å²) in [5.74, 6) is -1.10. The number of aryl methyl sites for hydroxylation is 1. The fourth-order valence-corrected chi connectivity index (χ4v) is 0.751. The number of carbonyl (C=O) groups excluding carboxylic acids is 1. The summed E-state index contributed by atoms with van der Waals surface area (Å²) in [6.45, 7) is 1.90. The van der Waals surface area contributed by atoms with Crippen LogP contribution in [0.3, 0.4) is 0 Å². The average Bonchev–Trinajstić information content (AvgIpc) is 1.93. The van der Waals surface area contributed by atoms with Crippen LogP contribution in [0.4, 0.5) is 0 Å². The van der Waals surface area contributed by atoms with Crippen molar-refractivity contribution >= 4 is 5.97 Å². The first-order valence-corrected chi connectivity index (χ1v) is 3.30. The van der Waals surface area contributed by atoms with Crippen molar-refractivity contribution in [1.29, 1.82) is 0 Å². The number of carbonyl (C=O) groups is 1. The SMILES string of the molecule is Cc1ccc(CC(=O)[O-])nc1.[K+]. The maximum atomic E-state index is 10.1. The second-order valence-corrected chi connectivity index (χ2v) is 2.38. The number of aliphatic carboxylic acids is 1. The molecule has 3 nitrogen and oxygen atoms in total. The molecule has 0 spiro atoms. The summed E-state index contributed by atoms with van der Waals surface area (Å²) in [4.78, 5) is 14.0. The number of carboxylic acid groups (broad SMARTS) is 1. The van der Waals surface area contributed by atoms with Crippen molar-refractivity contribution in [2.45, 2.75) is 13.3 Å². The van der Waals surface area contributed by atoms with E-state index in [-0.39, 0.29) is 57.8 Å². The standard InChI is InChI=1S/C8H9NO2.K/c1-6-2-3-7(9-5-6)4-8(10)11;/h2-3,5H,4H2,1H3,(H,10,11);/q;+1/p-1. The molecule has 58 valence electrons. The van der Waals surface area contributed by atoms with Gasteiger partial charge in [-0.25, -0.2) is 0 Å². The molecule has 0 aliphatic rings. The van der Waals surface area contributed by atoms with Gasteiger partial charge in [0.1, 0.15) is 0 Å². The van der Waals surface area contributed by atoms with Crippen molar-refractivity contribution in [3.05, 3.63) is 29.6 Å². The van der Waals surface area contributed by atoms with Crippen LogP contribution in [0.5, 0.6) is 0 Å². The molecule has 0 N–H and O–H groups in total. The zero-order valence-corrected chi connectivity index (χ0v) is 10.3. The number of hydrogen-bond donors (Lipinski definition) is 0. The van der Waals surface area contributed by atoms with Crippen LogP contribution in [0.15, 0.2) is 18.3 Å². The molecule has 4 heteroatoms. The number of aromatic nitrogens is 1. The zero-order valence-electron chi connectivity index (χ0n) is 7.20. The number of nitrogens with zero attached hydrogens (tertiary/aromatic N) is 1. The van der Waals surface area contributed by atoms with Crippen molar-refractivity contribution in [1.82, 2.24) is 4.98 Å².